The highest BCUT2D eigenvalue weighted by atomic mass is 16.3. The molecule has 0 saturated carbocycles. The Balaban J connectivity index is 1.87. The molecule has 1 atom stereocenters. The standard InChI is InChI=1S/C20H20O/c1-2-15-10-12-17(13-11-15)20(21)14-18-8-5-7-16-6-3-4-9-19(16)18/h3-13,20-21H,2,14H2,1H3. The smallest absolute Gasteiger partial charge is 0.0830 e. The van der Waals surface area contributed by atoms with Gasteiger partial charge in [-0.25, -0.2) is 0 Å². The highest BCUT2D eigenvalue weighted by Gasteiger charge is 2.10. The molecule has 21 heavy (non-hydrogen) atoms. The normalized spacial score (nSPS) is 12.5. The lowest BCUT2D eigenvalue weighted by Crippen LogP contribution is -2.02. The minimum absolute atomic E-state index is 0.457. The zero-order valence-corrected chi connectivity index (χ0v) is 12.3. The maximum absolute atomic E-state index is 10.5. The van der Waals surface area contributed by atoms with Crippen LogP contribution in [0.2, 0.25) is 0 Å². The topological polar surface area (TPSA) is 20.2 Å². The Labute approximate surface area is 125 Å². The van der Waals surface area contributed by atoms with Crippen LogP contribution < -0.4 is 0 Å². The van der Waals surface area contributed by atoms with Gasteiger partial charge in [0.1, 0.15) is 0 Å². The van der Waals surface area contributed by atoms with Crippen LogP contribution in [-0.4, -0.2) is 5.11 Å². The SMILES string of the molecule is CCc1ccc(C(O)Cc2cccc3ccccc23)cc1. The predicted molar refractivity (Wildman–Crippen MR) is 88.4 cm³/mol. The summed E-state index contributed by atoms with van der Waals surface area (Å²) in [6.07, 6.45) is 1.22. The van der Waals surface area contributed by atoms with Gasteiger partial charge >= 0.3 is 0 Å². The molecular formula is C20H20O. The van der Waals surface area contributed by atoms with E-state index in [1.807, 2.05) is 24.3 Å². The molecule has 0 aliphatic rings. The van der Waals surface area contributed by atoms with Crippen LogP contribution in [0.1, 0.15) is 29.7 Å². The first-order valence-corrected chi connectivity index (χ1v) is 7.51. The van der Waals surface area contributed by atoms with E-state index in [0.717, 1.165) is 12.0 Å². The van der Waals surface area contributed by atoms with Crippen LogP contribution in [0.4, 0.5) is 0 Å². The maximum Gasteiger partial charge on any atom is 0.0830 e. The second kappa shape index (κ2) is 6.11. The summed E-state index contributed by atoms with van der Waals surface area (Å²) in [6.45, 7) is 2.14. The van der Waals surface area contributed by atoms with Gasteiger partial charge in [0.2, 0.25) is 0 Å². The van der Waals surface area contributed by atoms with Crippen molar-refractivity contribution in [2.24, 2.45) is 0 Å². The van der Waals surface area contributed by atoms with E-state index < -0.39 is 6.10 Å². The molecule has 0 aromatic heterocycles. The van der Waals surface area contributed by atoms with E-state index in [-0.39, 0.29) is 0 Å². The third-order valence-electron chi connectivity index (χ3n) is 4.07. The van der Waals surface area contributed by atoms with E-state index in [0.29, 0.717) is 6.42 Å². The van der Waals surface area contributed by atoms with Gasteiger partial charge in [-0.1, -0.05) is 73.7 Å². The Hall–Kier alpha value is -2.12. The first-order chi connectivity index (χ1) is 10.3. The molecule has 1 N–H and O–H groups in total. The fraction of sp³-hybridized carbons (Fsp3) is 0.200. The van der Waals surface area contributed by atoms with Gasteiger partial charge in [-0.05, 0) is 33.9 Å². The molecule has 3 aromatic carbocycles. The molecule has 1 heteroatoms. The van der Waals surface area contributed by atoms with Crippen LogP contribution in [0, 0.1) is 0 Å². The van der Waals surface area contributed by atoms with Crippen LogP contribution in [0.25, 0.3) is 10.8 Å². The third-order valence-corrected chi connectivity index (χ3v) is 4.07. The van der Waals surface area contributed by atoms with E-state index in [1.54, 1.807) is 0 Å². The van der Waals surface area contributed by atoms with Gasteiger partial charge in [-0.2, -0.15) is 0 Å². The van der Waals surface area contributed by atoms with E-state index >= 15 is 0 Å². The molecule has 0 aliphatic carbocycles. The average Bonchev–Trinajstić information content (AvgIpc) is 2.55. The Morgan fingerprint density at radius 2 is 1.57 bits per heavy atom. The Morgan fingerprint density at radius 1 is 0.857 bits per heavy atom. The summed E-state index contributed by atoms with van der Waals surface area (Å²) in [4.78, 5) is 0. The van der Waals surface area contributed by atoms with Gasteiger partial charge < -0.3 is 5.11 Å². The summed E-state index contributed by atoms with van der Waals surface area (Å²) in [5.41, 5.74) is 3.48. The van der Waals surface area contributed by atoms with Crippen LogP contribution in [0.15, 0.2) is 66.7 Å². The van der Waals surface area contributed by atoms with Crippen LogP contribution in [-0.2, 0) is 12.8 Å². The van der Waals surface area contributed by atoms with Gasteiger partial charge in [-0.3, -0.25) is 0 Å². The van der Waals surface area contributed by atoms with Crippen molar-refractivity contribution >= 4 is 10.8 Å². The molecule has 0 bridgehead atoms. The van der Waals surface area contributed by atoms with Crippen molar-refractivity contribution in [2.45, 2.75) is 25.9 Å². The summed E-state index contributed by atoms with van der Waals surface area (Å²) < 4.78 is 0. The first-order valence-electron chi connectivity index (χ1n) is 7.51. The van der Waals surface area contributed by atoms with Crippen molar-refractivity contribution in [1.82, 2.24) is 0 Å². The largest absolute Gasteiger partial charge is 0.388 e. The second-order valence-electron chi connectivity index (χ2n) is 5.45. The third kappa shape index (κ3) is 2.98. The highest BCUT2D eigenvalue weighted by molar-refractivity contribution is 5.85. The summed E-state index contributed by atoms with van der Waals surface area (Å²) in [7, 11) is 0. The van der Waals surface area contributed by atoms with Crippen molar-refractivity contribution in [3.63, 3.8) is 0 Å². The summed E-state index contributed by atoms with van der Waals surface area (Å²) >= 11 is 0. The van der Waals surface area contributed by atoms with Crippen molar-refractivity contribution in [2.75, 3.05) is 0 Å². The zero-order chi connectivity index (χ0) is 14.7. The first kappa shape index (κ1) is 13.8. The van der Waals surface area contributed by atoms with Crippen molar-refractivity contribution < 1.29 is 5.11 Å². The number of aliphatic hydroxyl groups is 1. The summed E-state index contributed by atoms with van der Waals surface area (Å²) in [5, 5.41) is 12.9. The summed E-state index contributed by atoms with van der Waals surface area (Å²) in [5.74, 6) is 0. The fourth-order valence-electron chi connectivity index (χ4n) is 2.77. The lowest BCUT2D eigenvalue weighted by atomic mass is 9.96. The molecule has 3 rings (SSSR count). The average molecular weight is 276 g/mol. The van der Waals surface area contributed by atoms with E-state index in [2.05, 4.69) is 49.4 Å². The lowest BCUT2D eigenvalue weighted by Gasteiger charge is -2.13. The highest BCUT2D eigenvalue weighted by Crippen LogP contribution is 2.24. The quantitative estimate of drug-likeness (QED) is 0.733. The van der Waals surface area contributed by atoms with Gasteiger partial charge in [0.05, 0.1) is 6.10 Å². The van der Waals surface area contributed by atoms with Crippen molar-refractivity contribution in [3.8, 4) is 0 Å². The van der Waals surface area contributed by atoms with E-state index in [9.17, 15) is 5.11 Å². The zero-order valence-electron chi connectivity index (χ0n) is 12.3. The van der Waals surface area contributed by atoms with Crippen LogP contribution in [0.5, 0.6) is 0 Å². The van der Waals surface area contributed by atoms with E-state index in [4.69, 9.17) is 0 Å². The molecule has 0 heterocycles. The minimum atomic E-state index is -0.457. The number of hydrogen-bond acceptors (Lipinski definition) is 1. The molecule has 0 radical (unpaired) electrons. The van der Waals surface area contributed by atoms with Crippen molar-refractivity contribution in [1.29, 1.82) is 0 Å². The number of rotatable bonds is 4. The molecule has 0 saturated heterocycles. The maximum atomic E-state index is 10.5. The Kier molecular flexibility index (Phi) is 4.03. The second-order valence-corrected chi connectivity index (χ2v) is 5.45. The minimum Gasteiger partial charge on any atom is -0.388 e. The van der Waals surface area contributed by atoms with Gasteiger partial charge in [0.25, 0.3) is 0 Å². The molecule has 3 aromatic rings. The monoisotopic (exact) mass is 276 g/mol. The molecule has 106 valence electrons. The predicted octanol–water partition coefficient (Wildman–Crippen LogP) is 4.68. The molecule has 1 unspecified atom stereocenters. The number of aliphatic hydroxyl groups excluding tert-OH is 1. The molecule has 0 spiro atoms. The van der Waals surface area contributed by atoms with Gasteiger partial charge in [0.15, 0.2) is 0 Å². The van der Waals surface area contributed by atoms with Gasteiger partial charge in [0, 0.05) is 6.42 Å². The molecule has 0 amide bonds. The number of fused-ring (bicyclic) bond motifs is 1. The number of aryl methyl sites for hydroxylation is 1. The number of benzene rings is 3. The van der Waals surface area contributed by atoms with Crippen molar-refractivity contribution in [3.05, 3.63) is 83.4 Å². The molecular weight excluding hydrogens is 256 g/mol. The van der Waals surface area contributed by atoms with Gasteiger partial charge in [-0.15, -0.1) is 0 Å². The van der Waals surface area contributed by atoms with E-state index in [1.165, 1.54) is 21.9 Å². The van der Waals surface area contributed by atoms with Crippen LogP contribution >= 0.6 is 0 Å². The molecule has 0 aliphatic heterocycles. The lowest BCUT2D eigenvalue weighted by molar-refractivity contribution is 0.179. The van der Waals surface area contributed by atoms with Crippen LogP contribution in [0.3, 0.4) is 0 Å². The molecule has 1 nitrogen and oxygen atoms in total. The summed E-state index contributed by atoms with van der Waals surface area (Å²) in [6, 6.07) is 22.9. The fourth-order valence-corrected chi connectivity index (χ4v) is 2.77. The Bertz CT molecular complexity index is 723. The Morgan fingerprint density at radius 3 is 2.33 bits per heavy atom. The number of hydrogen-bond donors (Lipinski definition) is 1. The molecule has 0 fully saturated rings.